The van der Waals surface area contributed by atoms with Gasteiger partial charge < -0.3 is 15.2 Å². The van der Waals surface area contributed by atoms with Crippen LogP contribution < -0.4 is 10.2 Å². The van der Waals surface area contributed by atoms with Gasteiger partial charge in [-0.2, -0.15) is 0 Å². The number of carbonyl (C=O) groups excluding carboxylic acids is 2. The van der Waals surface area contributed by atoms with Crippen molar-refractivity contribution in [2.24, 2.45) is 5.92 Å². The Morgan fingerprint density at radius 1 is 1.19 bits per heavy atom. The van der Waals surface area contributed by atoms with E-state index in [2.05, 4.69) is 16.4 Å². The second-order valence-corrected chi connectivity index (χ2v) is 7.22. The molecule has 0 aliphatic carbocycles. The highest BCUT2D eigenvalue weighted by atomic mass is 35.5. The van der Waals surface area contributed by atoms with Gasteiger partial charge in [-0.25, -0.2) is 0 Å². The monoisotopic (exact) mass is 381 g/mol. The summed E-state index contributed by atoms with van der Waals surface area (Å²) in [7, 11) is 0. The first kappa shape index (κ1) is 17.6. The average molecular weight is 382 g/mol. The second-order valence-electron chi connectivity index (χ2n) is 6.78. The number of benzene rings is 2. The number of aromatic nitrogens is 1. The summed E-state index contributed by atoms with van der Waals surface area (Å²) in [4.78, 5) is 29.7. The number of rotatable bonds is 5. The van der Waals surface area contributed by atoms with Crippen LogP contribution >= 0.6 is 11.6 Å². The summed E-state index contributed by atoms with van der Waals surface area (Å²) in [6, 6.07) is 15.2. The molecule has 0 radical (unpaired) electrons. The Bertz CT molecular complexity index is 981. The number of para-hydroxylation sites is 1. The van der Waals surface area contributed by atoms with Crippen LogP contribution in [-0.4, -0.2) is 29.9 Å². The maximum atomic E-state index is 12.5. The number of hydrogen-bond acceptors (Lipinski definition) is 2. The van der Waals surface area contributed by atoms with Crippen molar-refractivity contribution in [3.63, 3.8) is 0 Å². The van der Waals surface area contributed by atoms with Crippen LogP contribution in [0.1, 0.15) is 12.0 Å². The third-order valence-electron chi connectivity index (χ3n) is 5.00. The van der Waals surface area contributed by atoms with E-state index in [4.69, 9.17) is 11.6 Å². The van der Waals surface area contributed by atoms with E-state index >= 15 is 0 Å². The molecule has 4 rings (SSSR count). The second kappa shape index (κ2) is 7.45. The Labute approximate surface area is 162 Å². The maximum Gasteiger partial charge on any atom is 0.227 e. The Morgan fingerprint density at radius 2 is 1.96 bits per heavy atom. The van der Waals surface area contributed by atoms with E-state index in [-0.39, 0.29) is 24.2 Å². The van der Waals surface area contributed by atoms with Gasteiger partial charge in [-0.15, -0.1) is 0 Å². The number of halogens is 1. The summed E-state index contributed by atoms with van der Waals surface area (Å²) in [6.45, 7) is 0.950. The number of aromatic amines is 1. The molecule has 0 spiro atoms. The van der Waals surface area contributed by atoms with Gasteiger partial charge in [-0.05, 0) is 42.3 Å². The lowest BCUT2D eigenvalue weighted by Gasteiger charge is -2.16. The third-order valence-corrected chi connectivity index (χ3v) is 5.25. The minimum atomic E-state index is -0.323. The zero-order valence-corrected chi connectivity index (χ0v) is 15.5. The fourth-order valence-corrected chi connectivity index (χ4v) is 3.68. The van der Waals surface area contributed by atoms with Gasteiger partial charge in [0.2, 0.25) is 11.8 Å². The van der Waals surface area contributed by atoms with Crippen LogP contribution in [0, 0.1) is 5.92 Å². The van der Waals surface area contributed by atoms with Crippen LogP contribution in [0.15, 0.2) is 54.7 Å². The molecule has 138 valence electrons. The molecule has 0 saturated carbocycles. The molecule has 1 aliphatic rings. The summed E-state index contributed by atoms with van der Waals surface area (Å²) in [6.07, 6.45) is 2.97. The van der Waals surface area contributed by atoms with Crippen molar-refractivity contribution >= 4 is 40.0 Å². The van der Waals surface area contributed by atoms with Gasteiger partial charge >= 0.3 is 0 Å². The first-order chi connectivity index (χ1) is 13.1. The highest BCUT2D eigenvalue weighted by Gasteiger charge is 2.34. The van der Waals surface area contributed by atoms with E-state index in [1.165, 1.54) is 10.9 Å². The number of nitrogens with zero attached hydrogens (tertiary/aromatic N) is 1. The third kappa shape index (κ3) is 3.69. The number of H-pyrrole nitrogens is 1. The highest BCUT2D eigenvalue weighted by molar-refractivity contribution is 6.30. The number of anilines is 1. The molecule has 0 unspecified atom stereocenters. The van der Waals surface area contributed by atoms with Crippen molar-refractivity contribution in [3.05, 3.63) is 65.3 Å². The van der Waals surface area contributed by atoms with Crippen LogP contribution in [0.5, 0.6) is 0 Å². The molecule has 5 nitrogen and oxygen atoms in total. The summed E-state index contributed by atoms with van der Waals surface area (Å²) in [5.74, 6) is -0.426. The van der Waals surface area contributed by atoms with E-state index in [0.717, 1.165) is 17.6 Å². The molecule has 3 aromatic rings. The molecule has 1 atom stereocenters. The van der Waals surface area contributed by atoms with Gasteiger partial charge in [0, 0.05) is 47.3 Å². The molecule has 2 heterocycles. The number of nitrogens with one attached hydrogen (secondary N) is 2. The zero-order chi connectivity index (χ0) is 18.8. The van der Waals surface area contributed by atoms with Crippen molar-refractivity contribution in [3.8, 4) is 0 Å². The van der Waals surface area contributed by atoms with Crippen LogP contribution in [-0.2, 0) is 16.0 Å². The van der Waals surface area contributed by atoms with Gasteiger partial charge in [-0.3, -0.25) is 9.59 Å². The molecule has 1 saturated heterocycles. The lowest BCUT2D eigenvalue weighted by atomic mass is 10.1. The quantitative estimate of drug-likeness (QED) is 0.710. The normalized spacial score (nSPS) is 16.9. The van der Waals surface area contributed by atoms with Gasteiger partial charge in [-0.1, -0.05) is 29.8 Å². The minimum Gasteiger partial charge on any atom is -0.361 e. The number of fused-ring (bicyclic) bond motifs is 1. The van der Waals surface area contributed by atoms with Crippen LogP contribution in [0.25, 0.3) is 10.9 Å². The molecule has 2 N–H and O–H groups in total. The van der Waals surface area contributed by atoms with Crippen LogP contribution in [0.4, 0.5) is 5.69 Å². The fraction of sp³-hybridized carbons (Fsp3) is 0.238. The van der Waals surface area contributed by atoms with E-state index < -0.39 is 0 Å². The lowest BCUT2D eigenvalue weighted by Crippen LogP contribution is -2.34. The Hall–Kier alpha value is -2.79. The zero-order valence-electron chi connectivity index (χ0n) is 14.7. The first-order valence-electron chi connectivity index (χ1n) is 9.00. The summed E-state index contributed by atoms with van der Waals surface area (Å²) in [5.41, 5.74) is 3.05. The van der Waals surface area contributed by atoms with E-state index in [0.29, 0.717) is 18.1 Å². The van der Waals surface area contributed by atoms with E-state index in [1.54, 1.807) is 29.2 Å². The lowest BCUT2D eigenvalue weighted by molar-refractivity contribution is -0.126. The first-order valence-corrected chi connectivity index (χ1v) is 9.38. The smallest absolute Gasteiger partial charge is 0.227 e. The predicted molar refractivity (Wildman–Crippen MR) is 107 cm³/mol. The van der Waals surface area contributed by atoms with Crippen LogP contribution in [0.2, 0.25) is 5.02 Å². The van der Waals surface area contributed by atoms with Crippen molar-refractivity contribution in [1.82, 2.24) is 10.3 Å². The molecule has 1 fully saturated rings. The summed E-state index contributed by atoms with van der Waals surface area (Å²) < 4.78 is 0. The Balaban J connectivity index is 1.33. The number of carbonyl (C=O) groups is 2. The molecule has 6 heteroatoms. The standard InChI is InChI=1S/C21H20ClN3O2/c22-16-5-7-17(8-6-16)25-13-15(11-20(25)26)21(27)23-10-9-14-12-24-19-4-2-1-3-18(14)19/h1-8,12,15,24H,9-11,13H2,(H,23,27)/t15-/m1/s1. The van der Waals surface area contributed by atoms with E-state index in [1.807, 2.05) is 24.4 Å². The van der Waals surface area contributed by atoms with Crippen LogP contribution in [0.3, 0.4) is 0 Å². The topological polar surface area (TPSA) is 65.2 Å². The molecular weight excluding hydrogens is 362 g/mol. The molecule has 27 heavy (non-hydrogen) atoms. The summed E-state index contributed by atoms with van der Waals surface area (Å²) >= 11 is 5.90. The highest BCUT2D eigenvalue weighted by Crippen LogP contribution is 2.26. The van der Waals surface area contributed by atoms with Gasteiger partial charge in [0.05, 0.1) is 5.92 Å². The Kier molecular flexibility index (Phi) is 4.86. The van der Waals surface area contributed by atoms with E-state index in [9.17, 15) is 9.59 Å². The largest absolute Gasteiger partial charge is 0.361 e. The SMILES string of the molecule is O=C(NCCc1c[nH]c2ccccc12)[C@@H]1CC(=O)N(c2ccc(Cl)cc2)C1. The molecule has 2 aromatic carbocycles. The number of amides is 2. The predicted octanol–water partition coefficient (Wildman–Crippen LogP) is 3.53. The van der Waals surface area contributed by atoms with Crippen molar-refractivity contribution in [2.45, 2.75) is 12.8 Å². The summed E-state index contributed by atoms with van der Waals surface area (Å²) in [5, 5.41) is 4.78. The Morgan fingerprint density at radius 3 is 2.78 bits per heavy atom. The molecule has 1 aliphatic heterocycles. The molecular formula is C21H20ClN3O2. The molecule has 0 bridgehead atoms. The molecule has 1 aromatic heterocycles. The fourth-order valence-electron chi connectivity index (χ4n) is 3.56. The van der Waals surface area contributed by atoms with Gasteiger partial charge in [0.25, 0.3) is 0 Å². The van der Waals surface area contributed by atoms with Crippen molar-refractivity contribution < 1.29 is 9.59 Å². The van der Waals surface area contributed by atoms with Gasteiger partial charge in [0.1, 0.15) is 0 Å². The number of hydrogen-bond donors (Lipinski definition) is 2. The average Bonchev–Trinajstić information content (AvgIpc) is 3.26. The van der Waals surface area contributed by atoms with Gasteiger partial charge in [0.15, 0.2) is 0 Å². The van der Waals surface area contributed by atoms with Crippen molar-refractivity contribution in [2.75, 3.05) is 18.0 Å². The minimum absolute atomic E-state index is 0.0332. The van der Waals surface area contributed by atoms with Crippen molar-refractivity contribution in [1.29, 1.82) is 0 Å². The maximum absolute atomic E-state index is 12.5. The molecule has 2 amide bonds.